The van der Waals surface area contributed by atoms with Gasteiger partial charge < -0.3 is 10.2 Å². The van der Waals surface area contributed by atoms with Crippen LogP contribution in [0.25, 0.3) is 0 Å². The Balaban J connectivity index is 1.43. The zero-order chi connectivity index (χ0) is 22.7. The third kappa shape index (κ3) is 4.89. The largest absolute Gasteiger partial charge is 0.324 e. The summed E-state index contributed by atoms with van der Waals surface area (Å²) in [4.78, 5) is 28.7. The molecule has 0 unspecified atom stereocenters. The maximum atomic E-state index is 13.8. The van der Waals surface area contributed by atoms with E-state index in [1.807, 2.05) is 12.1 Å². The van der Waals surface area contributed by atoms with Crippen LogP contribution in [0.4, 0.5) is 25.0 Å². The molecule has 0 spiro atoms. The second kappa shape index (κ2) is 9.36. The molecule has 1 saturated heterocycles. The smallest absolute Gasteiger partial charge is 0.322 e. The molecule has 164 valence electrons. The highest BCUT2D eigenvalue weighted by Gasteiger charge is 2.26. The molecule has 1 aliphatic heterocycles. The summed E-state index contributed by atoms with van der Waals surface area (Å²) < 4.78 is 26.9. The zero-order valence-electron chi connectivity index (χ0n) is 17.0. The highest BCUT2D eigenvalue weighted by Crippen LogP contribution is 2.24. The fraction of sp³-hybridized carbons (Fsp3) is 0.167. The van der Waals surface area contributed by atoms with Crippen LogP contribution in [-0.4, -0.2) is 29.9 Å². The van der Waals surface area contributed by atoms with Crippen LogP contribution in [-0.2, 0) is 6.54 Å². The van der Waals surface area contributed by atoms with E-state index in [-0.39, 0.29) is 11.6 Å². The van der Waals surface area contributed by atoms with Crippen molar-refractivity contribution in [3.63, 3.8) is 0 Å². The van der Waals surface area contributed by atoms with Crippen LogP contribution in [0.15, 0.2) is 66.7 Å². The number of nitrogens with one attached hydrogen (secondary N) is 1. The molecule has 0 aliphatic carbocycles. The summed E-state index contributed by atoms with van der Waals surface area (Å²) in [7, 11) is 0. The van der Waals surface area contributed by atoms with E-state index in [0.29, 0.717) is 42.1 Å². The molecule has 1 N–H and O–H groups in total. The van der Waals surface area contributed by atoms with Gasteiger partial charge >= 0.3 is 6.03 Å². The second-order valence-corrected chi connectivity index (χ2v) is 7.90. The number of carbonyl (C=O) groups excluding carboxylic acids is 2. The van der Waals surface area contributed by atoms with Gasteiger partial charge in [-0.15, -0.1) is 0 Å². The van der Waals surface area contributed by atoms with Crippen LogP contribution in [0.3, 0.4) is 0 Å². The maximum Gasteiger partial charge on any atom is 0.324 e. The monoisotopic (exact) mass is 455 g/mol. The number of nitrogens with zero attached hydrogens (tertiary/aromatic N) is 2. The summed E-state index contributed by atoms with van der Waals surface area (Å²) in [6.45, 7) is 1.74. The average Bonchev–Trinajstić information content (AvgIpc) is 2.77. The SMILES string of the molecule is O=C(Nc1ccc(N2CCCN(Cc3ccc(Cl)cc3)C2=O)cc1)c1ccc(F)cc1F. The Labute approximate surface area is 189 Å². The summed E-state index contributed by atoms with van der Waals surface area (Å²) in [5.41, 5.74) is 1.88. The number of anilines is 2. The van der Waals surface area contributed by atoms with Gasteiger partial charge in [0.15, 0.2) is 0 Å². The molecule has 3 amide bonds. The van der Waals surface area contributed by atoms with E-state index in [1.54, 1.807) is 46.2 Å². The number of halogens is 3. The van der Waals surface area contributed by atoms with Crippen molar-refractivity contribution in [3.8, 4) is 0 Å². The minimum absolute atomic E-state index is 0.101. The number of rotatable bonds is 5. The standard InChI is InChI=1S/C24H20ClF2N3O2/c25-17-4-2-16(3-5-17)15-29-12-1-13-30(24(29)32)20-9-7-19(8-10-20)28-23(31)21-11-6-18(26)14-22(21)27/h2-11,14H,1,12-13,15H2,(H,28,31). The van der Waals surface area contributed by atoms with E-state index in [4.69, 9.17) is 11.6 Å². The van der Waals surface area contributed by atoms with Crippen LogP contribution < -0.4 is 10.2 Å². The van der Waals surface area contributed by atoms with Crippen molar-refractivity contribution >= 4 is 34.9 Å². The van der Waals surface area contributed by atoms with E-state index in [9.17, 15) is 18.4 Å². The lowest BCUT2D eigenvalue weighted by molar-refractivity contribution is 0.102. The molecule has 0 aromatic heterocycles. The van der Waals surface area contributed by atoms with E-state index in [0.717, 1.165) is 24.1 Å². The van der Waals surface area contributed by atoms with Gasteiger partial charge in [-0.3, -0.25) is 9.69 Å². The Morgan fingerprint density at radius 3 is 2.38 bits per heavy atom. The van der Waals surface area contributed by atoms with Crippen molar-refractivity contribution in [2.24, 2.45) is 0 Å². The molecule has 8 heteroatoms. The predicted octanol–water partition coefficient (Wildman–Crippen LogP) is 5.70. The number of amides is 3. The van der Waals surface area contributed by atoms with E-state index in [1.165, 1.54) is 0 Å². The quantitative estimate of drug-likeness (QED) is 0.536. The van der Waals surface area contributed by atoms with Gasteiger partial charge in [-0.25, -0.2) is 13.6 Å². The lowest BCUT2D eigenvalue weighted by atomic mass is 10.1. The summed E-state index contributed by atoms with van der Waals surface area (Å²) in [6, 6.07) is 16.8. The van der Waals surface area contributed by atoms with E-state index in [2.05, 4.69) is 5.32 Å². The Morgan fingerprint density at radius 1 is 0.969 bits per heavy atom. The van der Waals surface area contributed by atoms with Crippen molar-refractivity contribution < 1.29 is 18.4 Å². The summed E-state index contributed by atoms with van der Waals surface area (Å²) in [6.07, 6.45) is 0.821. The highest BCUT2D eigenvalue weighted by molar-refractivity contribution is 6.30. The van der Waals surface area contributed by atoms with Crippen LogP contribution in [0.1, 0.15) is 22.3 Å². The molecule has 0 bridgehead atoms. The maximum absolute atomic E-state index is 13.8. The molecule has 1 heterocycles. The minimum atomic E-state index is -0.932. The van der Waals surface area contributed by atoms with Crippen LogP contribution >= 0.6 is 11.6 Å². The van der Waals surface area contributed by atoms with Crippen molar-refractivity contribution in [1.82, 2.24) is 4.90 Å². The molecule has 3 aromatic carbocycles. The molecule has 5 nitrogen and oxygen atoms in total. The Morgan fingerprint density at radius 2 is 1.69 bits per heavy atom. The number of hydrogen-bond acceptors (Lipinski definition) is 2. The van der Waals surface area contributed by atoms with Gasteiger partial charge in [-0.05, 0) is 60.5 Å². The molecule has 1 fully saturated rings. The van der Waals surface area contributed by atoms with Gasteiger partial charge in [0.25, 0.3) is 5.91 Å². The molecule has 4 rings (SSSR count). The van der Waals surface area contributed by atoms with E-state index >= 15 is 0 Å². The fourth-order valence-electron chi connectivity index (χ4n) is 3.57. The molecule has 0 saturated carbocycles. The summed E-state index contributed by atoms with van der Waals surface area (Å²) >= 11 is 5.93. The lowest BCUT2D eigenvalue weighted by Crippen LogP contribution is -2.49. The molecule has 32 heavy (non-hydrogen) atoms. The molecule has 0 atom stereocenters. The van der Waals surface area contributed by atoms with Crippen molar-refractivity contribution in [3.05, 3.63) is 94.5 Å². The van der Waals surface area contributed by atoms with Gasteiger partial charge in [0.2, 0.25) is 0 Å². The van der Waals surface area contributed by atoms with Gasteiger partial charge in [0, 0.05) is 42.1 Å². The molecule has 3 aromatic rings. The number of hydrogen-bond donors (Lipinski definition) is 1. The van der Waals surface area contributed by atoms with Gasteiger partial charge in [0.1, 0.15) is 11.6 Å². The third-order valence-corrected chi connectivity index (χ3v) is 5.46. The Bertz CT molecular complexity index is 1140. The topological polar surface area (TPSA) is 52.7 Å². The molecule has 1 aliphatic rings. The van der Waals surface area contributed by atoms with Crippen molar-refractivity contribution in [2.45, 2.75) is 13.0 Å². The van der Waals surface area contributed by atoms with Crippen LogP contribution in [0.5, 0.6) is 0 Å². The Kier molecular flexibility index (Phi) is 6.37. The third-order valence-electron chi connectivity index (χ3n) is 5.21. The van der Waals surface area contributed by atoms with Gasteiger partial charge in [0.05, 0.1) is 5.56 Å². The Hall–Kier alpha value is -3.45. The first-order chi connectivity index (χ1) is 15.4. The highest BCUT2D eigenvalue weighted by atomic mass is 35.5. The van der Waals surface area contributed by atoms with Gasteiger partial charge in [-0.2, -0.15) is 0 Å². The minimum Gasteiger partial charge on any atom is -0.322 e. The van der Waals surface area contributed by atoms with E-state index < -0.39 is 17.5 Å². The lowest BCUT2D eigenvalue weighted by Gasteiger charge is -2.35. The zero-order valence-corrected chi connectivity index (χ0v) is 17.8. The molecule has 0 radical (unpaired) electrons. The number of benzene rings is 3. The molecular formula is C24H20ClF2N3O2. The van der Waals surface area contributed by atoms with Gasteiger partial charge in [-0.1, -0.05) is 23.7 Å². The number of urea groups is 1. The number of carbonyl (C=O) groups is 2. The van der Waals surface area contributed by atoms with Crippen LogP contribution in [0, 0.1) is 11.6 Å². The van der Waals surface area contributed by atoms with Crippen LogP contribution in [0.2, 0.25) is 5.02 Å². The van der Waals surface area contributed by atoms with Crippen molar-refractivity contribution in [2.75, 3.05) is 23.3 Å². The normalized spacial score (nSPS) is 13.9. The predicted molar refractivity (Wildman–Crippen MR) is 120 cm³/mol. The average molecular weight is 456 g/mol. The fourth-order valence-corrected chi connectivity index (χ4v) is 3.70. The summed E-state index contributed by atoms with van der Waals surface area (Å²) in [5, 5.41) is 3.23. The first-order valence-corrected chi connectivity index (χ1v) is 10.5. The summed E-state index contributed by atoms with van der Waals surface area (Å²) in [5.74, 6) is -2.36. The first kappa shape index (κ1) is 21.8. The first-order valence-electron chi connectivity index (χ1n) is 10.1. The van der Waals surface area contributed by atoms with Crippen molar-refractivity contribution in [1.29, 1.82) is 0 Å². The molecular weight excluding hydrogens is 436 g/mol. The second-order valence-electron chi connectivity index (χ2n) is 7.46.